The molecule has 1 heterocycles. The van der Waals surface area contributed by atoms with Gasteiger partial charge in [0.1, 0.15) is 12.4 Å². The lowest BCUT2D eigenvalue weighted by atomic mass is 10.0. The maximum Gasteiger partial charge on any atom is 0.125 e. The first-order valence-electron chi connectivity index (χ1n) is 7.72. The fourth-order valence-corrected chi connectivity index (χ4v) is 2.69. The number of ether oxygens (including phenoxy) is 2. The van der Waals surface area contributed by atoms with Crippen LogP contribution in [0.3, 0.4) is 0 Å². The molecule has 3 heteroatoms. The predicted molar refractivity (Wildman–Crippen MR) is 82.2 cm³/mol. The second kappa shape index (κ2) is 7.09. The van der Waals surface area contributed by atoms with Crippen LogP contribution in [-0.4, -0.2) is 24.9 Å². The quantitative estimate of drug-likeness (QED) is 0.868. The van der Waals surface area contributed by atoms with Gasteiger partial charge in [0.15, 0.2) is 0 Å². The molecule has 1 saturated heterocycles. The van der Waals surface area contributed by atoms with Gasteiger partial charge in [-0.25, -0.2) is 0 Å². The van der Waals surface area contributed by atoms with Gasteiger partial charge in [0.05, 0.1) is 12.2 Å². The van der Waals surface area contributed by atoms with Crippen LogP contribution in [0, 0.1) is 6.92 Å². The number of nitrogens with two attached hydrogens (primary N) is 1. The van der Waals surface area contributed by atoms with E-state index in [0.717, 1.165) is 31.4 Å². The summed E-state index contributed by atoms with van der Waals surface area (Å²) >= 11 is 0. The van der Waals surface area contributed by atoms with E-state index in [4.69, 9.17) is 15.2 Å². The zero-order valence-corrected chi connectivity index (χ0v) is 12.9. The first-order chi connectivity index (χ1) is 9.60. The van der Waals surface area contributed by atoms with Gasteiger partial charge in [0.2, 0.25) is 0 Å². The van der Waals surface area contributed by atoms with Gasteiger partial charge < -0.3 is 15.2 Å². The topological polar surface area (TPSA) is 44.5 Å². The maximum atomic E-state index is 6.08. The highest BCUT2D eigenvalue weighted by Crippen LogP contribution is 2.27. The van der Waals surface area contributed by atoms with Crippen molar-refractivity contribution in [2.24, 2.45) is 5.73 Å². The lowest BCUT2D eigenvalue weighted by molar-refractivity contribution is 0.0261. The van der Waals surface area contributed by atoms with Crippen LogP contribution in [0.15, 0.2) is 18.2 Å². The molecule has 3 atom stereocenters. The van der Waals surface area contributed by atoms with E-state index in [1.54, 1.807) is 0 Å². The summed E-state index contributed by atoms with van der Waals surface area (Å²) in [6.45, 7) is 6.98. The minimum Gasteiger partial charge on any atom is -0.490 e. The van der Waals surface area contributed by atoms with E-state index >= 15 is 0 Å². The SMILES string of the molecule is CCC(N)Cc1cccc(C)c1OCC1CCC(C)O1. The van der Waals surface area contributed by atoms with Gasteiger partial charge in [-0.15, -0.1) is 0 Å². The number of aryl methyl sites for hydroxylation is 1. The number of benzene rings is 1. The van der Waals surface area contributed by atoms with Crippen LogP contribution >= 0.6 is 0 Å². The number of rotatable bonds is 6. The Morgan fingerprint density at radius 1 is 1.40 bits per heavy atom. The summed E-state index contributed by atoms with van der Waals surface area (Å²) in [6.07, 6.45) is 4.68. The summed E-state index contributed by atoms with van der Waals surface area (Å²) in [5.74, 6) is 1.000. The Balaban J connectivity index is 2.01. The highest BCUT2D eigenvalue weighted by atomic mass is 16.5. The van der Waals surface area contributed by atoms with E-state index in [2.05, 4.69) is 39.0 Å². The summed E-state index contributed by atoms with van der Waals surface area (Å²) in [4.78, 5) is 0. The molecule has 0 amide bonds. The smallest absolute Gasteiger partial charge is 0.125 e. The summed E-state index contributed by atoms with van der Waals surface area (Å²) in [6, 6.07) is 6.49. The van der Waals surface area contributed by atoms with Crippen molar-refractivity contribution >= 4 is 0 Å². The second-order valence-electron chi connectivity index (χ2n) is 5.89. The van der Waals surface area contributed by atoms with Crippen molar-refractivity contribution in [3.05, 3.63) is 29.3 Å². The normalized spacial score (nSPS) is 23.8. The van der Waals surface area contributed by atoms with Gasteiger partial charge >= 0.3 is 0 Å². The van der Waals surface area contributed by atoms with Crippen molar-refractivity contribution in [2.45, 2.75) is 64.7 Å². The van der Waals surface area contributed by atoms with Crippen LogP contribution in [0.25, 0.3) is 0 Å². The van der Waals surface area contributed by atoms with Gasteiger partial charge in [0, 0.05) is 6.04 Å². The molecule has 1 aromatic carbocycles. The van der Waals surface area contributed by atoms with Crippen molar-refractivity contribution in [3.63, 3.8) is 0 Å². The van der Waals surface area contributed by atoms with Gasteiger partial charge in [-0.05, 0) is 50.7 Å². The molecule has 1 aliphatic rings. The molecule has 3 unspecified atom stereocenters. The molecule has 1 aromatic rings. The Bertz CT molecular complexity index is 433. The summed E-state index contributed by atoms with van der Waals surface area (Å²) in [7, 11) is 0. The van der Waals surface area contributed by atoms with Crippen LogP contribution in [-0.2, 0) is 11.2 Å². The zero-order chi connectivity index (χ0) is 14.5. The molecule has 0 aliphatic carbocycles. The fourth-order valence-electron chi connectivity index (χ4n) is 2.69. The number of hydrogen-bond acceptors (Lipinski definition) is 3. The summed E-state index contributed by atoms with van der Waals surface area (Å²) < 4.78 is 11.9. The van der Waals surface area contributed by atoms with Crippen LogP contribution < -0.4 is 10.5 Å². The molecule has 3 nitrogen and oxygen atoms in total. The molecular weight excluding hydrogens is 250 g/mol. The monoisotopic (exact) mass is 277 g/mol. The molecule has 0 spiro atoms. The molecule has 0 radical (unpaired) electrons. The molecule has 0 aromatic heterocycles. The summed E-state index contributed by atoms with van der Waals surface area (Å²) in [5, 5.41) is 0. The van der Waals surface area contributed by atoms with E-state index in [9.17, 15) is 0 Å². The minimum atomic E-state index is 0.196. The lowest BCUT2D eigenvalue weighted by Gasteiger charge is -2.18. The van der Waals surface area contributed by atoms with Crippen molar-refractivity contribution in [1.82, 2.24) is 0 Å². The van der Waals surface area contributed by atoms with Gasteiger partial charge in [-0.3, -0.25) is 0 Å². The van der Waals surface area contributed by atoms with Gasteiger partial charge in [-0.1, -0.05) is 25.1 Å². The Morgan fingerprint density at radius 2 is 2.20 bits per heavy atom. The molecule has 0 bridgehead atoms. The van der Waals surface area contributed by atoms with Crippen molar-refractivity contribution in [1.29, 1.82) is 0 Å². The highest BCUT2D eigenvalue weighted by Gasteiger charge is 2.23. The molecule has 2 rings (SSSR count). The standard InChI is InChI=1S/C17H27NO2/c1-4-15(18)10-14-7-5-6-12(2)17(14)19-11-16-9-8-13(3)20-16/h5-7,13,15-16H,4,8-11,18H2,1-3H3. The first kappa shape index (κ1) is 15.3. The molecule has 2 N–H and O–H groups in total. The van der Waals surface area contributed by atoms with E-state index in [1.807, 2.05) is 0 Å². The highest BCUT2D eigenvalue weighted by molar-refractivity contribution is 5.41. The van der Waals surface area contributed by atoms with Crippen molar-refractivity contribution in [3.8, 4) is 5.75 Å². The van der Waals surface area contributed by atoms with Gasteiger partial charge in [-0.2, -0.15) is 0 Å². The van der Waals surface area contributed by atoms with Crippen LogP contribution in [0.2, 0.25) is 0 Å². The molecular formula is C17H27NO2. The Morgan fingerprint density at radius 3 is 2.85 bits per heavy atom. The minimum absolute atomic E-state index is 0.196. The van der Waals surface area contributed by atoms with Gasteiger partial charge in [0.25, 0.3) is 0 Å². The Kier molecular flexibility index (Phi) is 5.44. The van der Waals surface area contributed by atoms with E-state index in [-0.39, 0.29) is 12.1 Å². The third-order valence-corrected chi connectivity index (χ3v) is 4.03. The lowest BCUT2D eigenvalue weighted by Crippen LogP contribution is -2.23. The average molecular weight is 277 g/mol. The number of hydrogen-bond donors (Lipinski definition) is 1. The number of para-hydroxylation sites is 1. The molecule has 0 saturated carbocycles. The van der Waals surface area contributed by atoms with Crippen molar-refractivity contribution < 1.29 is 9.47 Å². The molecule has 1 aliphatic heterocycles. The van der Waals surface area contributed by atoms with Crippen LogP contribution in [0.5, 0.6) is 5.75 Å². The molecule has 112 valence electrons. The van der Waals surface area contributed by atoms with Crippen LogP contribution in [0.1, 0.15) is 44.2 Å². The first-order valence-corrected chi connectivity index (χ1v) is 7.72. The average Bonchev–Trinajstić information content (AvgIpc) is 2.83. The van der Waals surface area contributed by atoms with Crippen LogP contribution in [0.4, 0.5) is 0 Å². The zero-order valence-electron chi connectivity index (χ0n) is 12.9. The fraction of sp³-hybridized carbons (Fsp3) is 0.647. The Hall–Kier alpha value is -1.06. The Labute approximate surface area is 122 Å². The largest absolute Gasteiger partial charge is 0.490 e. The van der Waals surface area contributed by atoms with E-state index in [0.29, 0.717) is 12.7 Å². The second-order valence-corrected chi connectivity index (χ2v) is 5.89. The molecule has 20 heavy (non-hydrogen) atoms. The maximum absolute atomic E-state index is 6.08. The van der Waals surface area contributed by atoms with E-state index < -0.39 is 0 Å². The third-order valence-electron chi connectivity index (χ3n) is 4.03. The third kappa shape index (κ3) is 3.97. The summed E-state index contributed by atoms with van der Waals surface area (Å²) in [5.41, 5.74) is 8.47. The predicted octanol–water partition coefficient (Wildman–Crippen LogP) is 3.22. The molecule has 1 fully saturated rings. The van der Waals surface area contributed by atoms with E-state index in [1.165, 1.54) is 11.1 Å². The van der Waals surface area contributed by atoms with Crippen molar-refractivity contribution in [2.75, 3.05) is 6.61 Å².